The predicted molar refractivity (Wildman–Crippen MR) is 82.7 cm³/mol. The molecule has 0 bridgehead atoms. The first-order valence-corrected chi connectivity index (χ1v) is 7.17. The van der Waals surface area contributed by atoms with Crippen molar-refractivity contribution < 1.29 is 14.3 Å². The first-order chi connectivity index (χ1) is 10.1. The van der Waals surface area contributed by atoms with E-state index in [-0.39, 0.29) is 12.1 Å². The molecule has 1 atom stereocenters. The lowest BCUT2D eigenvalue weighted by molar-refractivity contribution is 0.112. The lowest BCUT2D eigenvalue weighted by atomic mass is 10.2. The molecule has 5 heteroatoms. The molecule has 2 N–H and O–H groups in total. The van der Waals surface area contributed by atoms with Crippen molar-refractivity contribution in [1.82, 2.24) is 5.32 Å². The molecule has 1 fully saturated rings. The van der Waals surface area contributed by atoms with E-state index in [2.05, 4.69) is 17.2 Å². The maximum atomic E-state index is 11.8. The van der Waals surface area contributed by atoms with E-state index < -0.39 is 0 Å². The van der Waals surface area contributed by atoms with Crippen LogP contribution in [0.1, 0.15) is 19.8 Å². The van der Waals surface area contributed by atoms with E-state index in [4.69, 9.17) is 9.47 Å². The summed E-state index contributed by atoms with van der Waals surface area (Å²) < 4.78 is 11.0. The number of urea groups is 1. The maximum absolute atomic E-state index is 11.8. The molecule has 1 aromatic carbocycles. The summed E-state index contributed by atoms with van der Waals surface area (Å²) in [5.41, 5.74) is 1.64. The first-order valence-electron chi connectivity index (χ1n) is 7.17. The molecule has 0 aromatic heterocycles. The van der Waals surface area contributed by atoms with E-state index in [0.29, 0.717) is 24.6 Å². The van der Waals surface area contributed by atoms with Crippen LogP contribution in [-0.4, -0.2) is 31.9 Å². The highest BCUT2D eigenvalue weighted by Gasteiger charge is 2.16. The monoisotopic (exact) mass is 290 g/mol. The van der Waals surface area contributed by atoms with Gasteiger partial charge in [0.2, 0.25) is 0 Å². The lowest BCUT2D eigenvalue weighted by Crippen LogP contribution is -2.35. The molecule has 114 valence electrons. The van der Waals surface area contributed by atoms with Crippen molar-refractivity contribution in [3.63, 3.8) is 0 Å². The fraction of sp³-hybridized carbons (Fsp3) is 0.438. The van der Waals surface area contributed by atoms with Gasteiger partial charge in [0.25, 0.3) is 0 Å². The maximum Gasteiger partial charge on any atom is 0.319 e. The number of hydrogen-bond donors (Lipinski definition) is 2. The second-order valence-electron chi connectivity index (χ2n) is 5.24. The Morgan fingerprint density at radius 2 is 2.38 bits per heavy atom. The standard InChI is InChI=1S/C16H22N2O3/c1-12(2)11-21-14-6-3-5-13(9-14)18-16(19)17-10-15-7-4-8-20-15/h3,5-6,9,15H,1,4,7-8,10-11H2,2H3,(H2,17,18,19). The van der Waals surface area contributed by atoms with E-state index in [1.165, 1.54) is 0 Å². The minimum Gasteiger partial charge on any atom is -0.489 e. The van der Waals surface area contributed by atoms with E-state index >= 15 is 0 Å². The zero-order chi connectivity index (χ0) is 15.1. The zero-order valence-electron chi connectivity index (χ0n) is 12.4. The fourth-order valence-electron chi connectivity index (χ4n) is 2.06. The molecule has 1 heterocycles. The molecular weight excluding hydrogens is 268 g/mol. The smallest absolute Gasteiger partial charge is 0.319 e. The largest absolute Gasteiger partial charge is 0.489 e. The Kier molecular flexibility index (Phi) is 5.63. The Hall–Kier alpha value is -2.01. The topological polar surface area (TPSA) is 59.6 Å². The first kappa shape index (κ1) is 15.4. The van der Waals surface area contributed by atoms with Crippen LogP contribution < -0.4 is 15.4 Å². The Morgan fingerprint density at radius 1 is 1.52 bits per heavy atom. The number of rotatable bonds is 6. The SMILES string of the molecule is C=C(C)COc1cccc(NC(=O)NCC2CCCO2)c1. The molecule has 21 heavy (non-hydrogen) atoms. The molecule has 0 radical (unpaired) electrons. The Balaban J connectivity index is 1.79. The summed E-state index contributed by atoms with van der Waals surface area (Å²) >= 11 is 0. The van der Waals surface area contributed by atoms with Crippen LogP contribution in [0.3, 0.4) is 0 Å². The molecule has 2 rings (SSSR count). The molecule has 0 spiro atoms. The van der Waals surface area contributed by atoms with E-state index in [9.17, 15) is 4.79 Å². The minimum atomic E-state index is -0.234. The van der Waals surface area contributed by atoms with E-state index in [1.807, 2.05) is 25.1 Å². The van der Waals surface area contributed by atoms with Crippen molar-refractivity contribution in [2.45, 2.75) is 25.9 Å². The van der Waals surface area contributed by atoms with Crippen LogP contribution in [0.15, 0.2) is 36.4 Å². The molecular formula is C16H22N2O3. The van der Waals surface area contributed by atoms with Crippen LogP contribution in [0.4, 0.5) is 10.5 Å². The Bertz CT molecular complexity index is 496. The van der Waals surface area contributed by atoms with Gasteiger partial charge < -0.3 is 20.1 Å². The van der Waals surface area contributed by atoms with E-state index in [1.54, 1.807) is 6.07 Å². The van der Waals surface area contributed by atoms with Crippen molar-refractivity contribution >= 4 is 11.7 Å². The number of hydrogen-bond acceptors (Lipinski definition) is 3. The van der Waals surface area contributed by atoms with Crippen molar-refractivity contribution in [3.8, 4) is 5.75 Å². The summed E-state index contributed by atoms with van der Waals surface area (Å²) in [6.07, 6.45) is 2.21. The lowest BCUT2D eigenvalue weighted by Gasteiger charge is -2.12. The number of ether oxygens (including phenoxy) is 2. The molecule has 0 saturated carbocycles. The number of amides is 2. The van der Waals surface area contributed by atoms with Gasteiger partial charge in [-0.15, -0.1) is 0 Å². The van der Waals surface area contributed by atoms with Gasteiger partial charge in [-0.05, 0) is 37.5 Å². The van der Waals surface area contributed by atoms with Gasteiger partial charge in [0.15, 0.2) is 0 Å². The number of benzene rings is 1. The third-order valence-electron chi connectivity index (χ3n) is 3.09. The van der Waals surface area contributed by atoms with Crippen LogP contribution in [0.2, 0.25) is 0 Å². The van der Waals surface area contributed by atoms with Crippen molar-refractivity contribution in [3.05, 3.63) is 36.4 Å². The highest BCUT2D eigenvalue weighted by atomic mass is 16.5. The summed E-state index contributed by atoms with van der Waals surface area (Å²) in [4.78, 5) is 11.8. The fourth-order valence-corrected chi connectivity index (χ4v) is 2.06. The van der Waals surface area contributed by atoms with Crippen molar-refractivity contribution in [2.24, 2.45) is 0 Å². The molecule has 5 nitrogen and oxygen atoms in total. The highest BCUT2D eigenvalue weighted by Crippen LogP contribution is 2.18. The third kappa shape index (κ3) is 5.47. The molecule has 1 aliphatic heterocycles. The molecule has 0 aliphatic carbocycles. The Labute approximate surface area is 125 Å². The van der Waals surface area contributed by atoms with Gasteiger partial charge in [-0.2, -0.15) is 0 Å². The molecule has 1 aromatic rings. The zero-order valence-corrected chi connectivity index (χ0v) is 12.4. The van der Waals surface area contributed by atoms with E-state index in [0.717, 1.165) is 25.0 Å². The van der Waals surface area contributed by atoms with Crippen LogP contribution in [-0.2, 0) is 4.74 Å². The van der Waals surface area contributed by atoms with Crippen LogP contribution in [0.25, 0.3) is 0 Å². The average molecular weight is 290 g/mol. The number of anilines is 1. The highest BCUT2D eigenvalue weighted by molar-refractivity contribution is 5.89. The molecule has 1 unspecified atom stereocenters. The van der Waals surface area contributed by atoms with Gasteiger partial charge in [-0.25, -0.2) is 4.79 Å². The van der Waals surface area contributed by atoms with Crippen molar-refractivity contribution in [1.29, 1.82) is 0 Å². The summed E-state index contributed by atoms with van der Waals surface area (Å²) in [6, 6.07) is 7.05. The molecule has 1 aliphatic rings. The van der Waals surface area contributed by atoms with Gasteiger partial charge in [0.05, 0.1) is 6.10 Å². The van der Waals surface area contributed by atoms with Crippen molar-refractivity contribution in [2.75, 3.05) is 25.1 Å². The molecule has 2 amide bonds. The van der Waals surface area contributed by atoms with Gasteiger partial charge >= 0.3 is 6.03 Å². The normalized spacial score (nSPS) is 17.3. The number of carbonyl (C=O) groups is 1. The second-order valence-corrected chi connectivity index (χ2v) is 5.24. The van der Waals surface area contributed by atoms with Gasteiger partial charge in [0, 0.05) is 24.9 Å². The molecule has 1 saturated heterocycles. The Morgan fingerprint density at radius 3 is 3.10 bits per heavy atom. The predicted octanol–water partition coefficient (Wildman–Crippen LogP) is 2.94. The van der Waals surface area contributed by atoms with Gasteiger partial charge in [0.1, 0.15) is 12.4 Å². The van der Waals surface area contributed by atoms with Crippen LogP contribution in [0.5, 0.6) is 5.75 Å². The summed E-state index contributed by atoms with van der Waals surface area (Å²) in [6.45, 7) is 7.48. The third-order valence-corrected chi connectivity index (χ3v) is 3.09. The van der Waals surface area contributed by atoms with Crippen LogP contribution in [0, 0.1) is 0 Å². The second kappa shape index (κ2) is 7.69. The quantitative estimate of drug-likeness (QED) is 0.792. The number of nitrogens with one attached hydrogen (secondary N) is 2. The summed E-state index contributed by atoms with van der Waals surface area (Å²) in [7, 11) is 0. The summed E-state index contributed by atoms with van der Waals surface area (Å²) in [5, 5.41) is 5.60. The van der Waals surface area contributed by atoms with Gasteiger partial charge in [-0.3, -0.25) is 0 Å². The van der Waals surface area contributed by atoms with Crippen LogP contribution >= 0.6 is 0 Å². The summed E-state index contributed by atoms with van der Waals surface area (Å²) in [5.74, 6) is 0.704. The van der Waals surface area contributed by atoms with Gasteiger partial charge in [-0.1, -0.05) is 12.6 Å². The number of carbonyl (C=O) groups excluding carboxylic acids is 1. The average Bonchev–Trinajstić information content (AvgIpc) is 2.97. The minimum absolute atomic E-state index is 0.140.